The minimum absolute atomic E-state index is 0.0156. The molecule has 1 saturated heterocycles. The van der Waals surface area contributed by atoms with Gasteiger partial charge in [0.2, 0.25) is 33.6 Å². The third-order valence-corrected chi connectivity index (χ3v) is 13.6. The normalized spacial score (nSPS) is 29.7. The van der Waals surface area contributed by atoms with Gasteiger partial charge in [0.25, 0.3) is 5.91 Å². The SMILES string of the molecule is CCOc1nnc(O[C@@H]2C[C@H]3C(=O)N[C@]4(C(=O)NS(=O)(=O)C5(C)CC5)C[C@H]4/C=C\CC[C@@H](C)C[C@@H](CC)[C@H](NC(=O)OC(C)(C)C)C(=O)N3C2)c2ccccc12. The van der Waals surface area contributed by atoms with Crippen molar-refractivity contribution in [2.45, 2.75) is 134 Å². The summed E-state index contributed by atoms with van der Waals surface area (Å²) in [7, 11) is -4.01. The maximum Gasteiger partial charge on any atom is 0.408 e. The average Bonchev–Trinajstić information content (AvgIpc) is 4.01. The molecule has 4 aliphatic rings. The van der Waals surface area contributed by atoms with Gasteiger partial charge in [-0.05, 0) is 97.1 Å². The quantitative estimate of drug-likeness (QED) is 0.302. The highest BCUT2D eigenvalue weighted by atomic mass is 32.2. The average molecular weight is 797 g/mol. The maximum atomic E-state index is 14.9. The lowest BCUT2D eigenvalue weighted by molar-refractivity contribution is -0.142. The lowest BCUT2D eigenvalue weighted by Gasteiger charge is -2.34. The number of carbonyl (C=O) groups is 4. The second-order valence-corrected chi connectivity index (χ2v) is 19.3. The van der Waals surface area contributed by atoms with Crippen molar-refractivity contribution < 1.29 is 41.8 Å². The first kappa shape index (κ1) is 41.2. The van der Waals surface area contributed by atoms with Crippen LogP contribution >= 0.6 is 0 Å². The van der Waals surface area contributed by atoms with Gasteiger partial charge in [-0.2, -0.15) is 0 Å². The summed E-state index contributed by atoms with van der Waals surface area (Å²) < 4.78 is 45.4. The van der Waals surface area contributed by atoms with Gasteiger partial charge < -0.3 is 29.7 Å². The third-order valence-electron chi connectivity index (χ3n) is 11.5. The summed E-state index contributed by atoms with van der Waals surface area (Å²) in [5, 5.41) is 15.6. The Labute approximate surface area is 329 Å². The van der Waals surface area contributed by atoms with Gasteiger partial charge in [0.15, 0.2) is 0 Å². The summed E-state index contributed by atoms with van der Waals surface area (Å²) in [5.74, 6) is -2.01. The van der Waals surface area contributed by atoms with Crippen molar-refractivity contribution in [2.24, 2.45) is 17.8 Å². The Hall–Kier alpha value is -4.47. The molecule has 56 heavy (non-hydrogen) atoms. The molecule has 3 N–H and O–H groups in total. The molecular formula is C40H56N6O9S. The number of benzene rings is 1. The fraction of sp³-hybridized carbons (Fsp3) is 0.650. The first-order valence-electron chi connectivity index (χ1n) is 19.8. The molecule has 1 aromatic carbocycles. The van der Waals surface area contributed by atoms with Crippen molar-refractivity contribution in [1.29, 1.82) is 0 Å². The van der Waals surface area contributed by atoms with Gasteiger partial charge in [0, 0.05) is 12.3 Å². The zero-order chi connectivity index (χ0) is 40.6. The van der Waals surface area contributed by atoms with Gasteiger partial charge in [-0.25, -0.2) is 13.2 Å². The number of sulfonamides is 1. The van der Waals surface area contributed by atoms with Crippen molar-refractivity contribution >= 4 is 44.6 Å². The maximum absolute atomic E-state index is 14.9. The minimum Gasteiger partial charge on any atom is -0.476 e. The molecule has 15 nitrogen and oxygen atoms in total. The molecule has 2 aromatic rings. The highest BCUT2D eigenvalue weighted by molar-refractivity contribution is 7.91. The van der Waals surface area contributed by atoms with Crippen LogP contribution in [-0.4, -0.2) is 94.6 Å². The number of allylic oxidation sites excluding steroid dienone is 1. The minimum atomic E-state index is -4.01. The van der Waals surface area contributed by atoms with E-state index >= 15 is 0 Å². The molecule has 0 spiro atoms. The van der Waals surface area contributed by atoms with Gasteiger partial charge in [-0.3, -0.25) is 19.1 Å². The first-order chi connectivity index (χ1) is 26.4. The van der Waals surface area contributed by atoms with Crippen molar-refractivity contribution in [3.05, 3.63) is 36.4 Å². The Balaban J connectivity index is 1.37. The van der Waals surface area contributed by atoms with Gasteiger partial charge >= 0.3 is 6.09 Å². The number of aromatic nitrogens is 2. The topological polar surface area (TPSA) is 195 Å². The molecule has 4 amide bonds. The van der Waals surface area contributed by atoms with Crippen molar-refractivity contribution in [2.75, 3.05) is 13.2 Å². The zero-order valence-electron chi connectivity index (χ0n) is 33.4. The van der Waals surface area contributed by atoms with Gasteiger partial charge in [-0.15, -0.1) is 10.2 Å². The molecule has 0 radical (unpaired) electrons. The van der Waals surface area contributed by atoms with Crippen LogP contribution in [0.1, 0.15) is 99.8 Å². The number of hydrogen-bond acceptors (Lipinski definition) is 11. The van der Waals surface area contributed by atoms with Crippen LogP contribution in [0.5, 0.6) is 11.8 Å². The molecule has 2 saturated carbocycles. The third kappa shape index (κ3) is 8.74. The summed E-state index contributed by atoms with van der Waals surface area (Å²) in [5.41, 5.74) is -2.37. The van der Waals surface area contributed by atoms with Gasteiger partial charge in [-0.1, -0.05) is 44.6 Å². The second-order valence-electron chi connectivity index (χ2n) is 17.1. The van der Waals surface area contributed by atoms with Crippen LogP contribution in [0.15, 0.2) is 36.4 Å². The van der Waals surface area contributed by atoms with Crippen LogP contribution in [-0.2, 0) is 29.1 Å². The molecular weight excluding hydrogens is 741 g/mol. The fourth-order valence-electron chi connectivity index (χ4n) is 7.79. The van der Waals surface area contributed by atoms with Crippen molar-refractivity contribution in [3.63, 3.8) is 0 Å². The molecule has 7 atom stereocenters. The Morgan fingerprint density at radius 2 is 1.73 bits per heavy atom. The number of fused-ring (bicyclic) bond motifs is 3. The van der Waals surface area contributed by atoms with Crippen molar-refractivity contribution in [3.8, 4) is 11.8 Å². The number of nitrogens with one attached hydrogen (secondary N) is 3. The number of nitrogens with zero attached hydrogens (tertiary/aromatic N) is 3. The standard InChI is InChI=1S/C40H56N6O9S/c1-8-25-20-24(3)14-10-11-15-26-22-40(26,36(49)45-56(51,52)39(7)18-19-39)42-32(47)30-21-27(23-46(30)35(48)31(25)41-37(50)55-38(4,5)6)54-34-29-17-13-12-16-28(29)33(43-44-34)53-9-2/h11-13,15-17,24-27,30-31H,8-10,14,18-23H2,1-7H3,(H,41,50)(H,42,47)(H,45,49)/b15-11-/t24-,25-,26-,27-,30+,31+,40-/m1/s1. The summed E-state index contributed by atoms with van der Waals surface area (Å²) in [6.45, 7) is 13.0. The molecule has 0 unspecified atom stereocenters. The first-order valence-corrected chi connectivity index (χ1v) is 21.3. The molecule has 0 bridgehead atoms. The number of rotatable bonds is 9. The molecule has 6 rings (SSSR count). The number of carbonyl (C=O) groups excluding carboxylic acids is 4. The van der Waals surface area contributed by atoms with Crippen LogP contribution in [0.4, 0.5) is 4.79 Å². The van der Waals surface area contributed by atoms with Crippen molar-refractivity contribution in [1.82, 2.24) is 30.5 Å². The number of ether oxygens (including phenoxy) is 3. The van der Waals surface area contributed by atoms with E-state index in [1.54, 1.807) is 27.7 Å². The predicted octanol–water partition coefficient (Wildman–Crippen LogP) is 4.55. The van der Waals surface area contributed by atoms with Crippen LogP contribution in [0.3, 0.4) is 0 Å². The molecule has 3 heterocycles. The van der Waals surface area contributed by atoms with Gasteiger partial charge in [0.05, 0.1) is 28.7 Å². The smallest absolute Gasteiger partial charge is 0.408 e. The molecule has 3 fully saturated rings. The Morgan fingerprint density at radius 1 is 1.05 bits per heavy atom. The van der Waals surface area contributed by atoms with E-state index in [1.807, 2.05) is 50.3 Å². The van der Waals surface area contributed by atoms with E-state index in [1.165, 1.54) is 4.90 Å². The van der Waals surface area contributed by atoms with Crippen LogP contribution in [0.2, 0.25) is 0 Å². The lowest BCUT2D eigenvalue weighted by atomic mass is 9.85. The fourth-order valence-corrected chi connectivity index (χ4v) is 9.10. The highest BCUT2D eigenvalue weighted by Gasteiger charge is 2.63. The Bertz CT molecular complexity index is 1980. The predicted molar refractivity (Wildman–Crippen MR) is 208 cm³/mol. The van der Waals surface area contributed by atoms with Crippen LogP contribution < -0.4 is 24.8 Å². The monoisotopic (exact) mass is 796 g/mol. The number of alkyl carbamates (subject to hydrolysis) is 1. The van der Waals surface area contributed by atoms with Crippen LogP contribution in [0, 0.1) is 17.8 Å². The molecule has 2 aliphatic heterocycles. The van der Waals surface area contributed by atoms with E-state index in [2.05, 4.69) is 32.5 Å². The number of amides is 4. The van der Waals surface area contributed by atoms with E-state index in [-0.39, 0.29) is 37.1 Å². The Kier molecular flexibility index (Phi) is 11.6. The van der Waals surface area contributed by atoms with E-state index in [4.69, 9.17) is 14.2 Å². The summed E-state index contributed by atoms with van der Waals surface area (Å²) >= 11 is 0. The van der Waals surface area contributed by atoms with E-state index in [9.17, 15) is 27.6 Å². The molecule has 306 valence electrons. The van der Waals surface area contributed by atoms with E-state index in [0.717, 1.165) is 6.42 Å². The van der Waals surface area contributed by atoms with Gasteiger partial charge in [0.1, 0.15) is 29.3 Å². The summed E-state index contributed by atoms with van der Waals surface area (Å²) in [6, 6.07) is 5.14. The second kappa shape index (κ2) is 15.8. The highest BCUT2D eigenvalue weighted by Crippen LogP contribution is 2.47. The lowest BCUT2D eigenvalue weighted by Crippen LogP contribution is -2.59. The molecule has 16 heteroatoms. The summed E-state index contributed by atoms with van der Waals surface area (Å²) in [4.78, 5) is 58.2. The zero-order valence-corrected chi connectivity index (χ0v) is 34.2. The molecule has 2 aliphatic carbocycles. The van der Waals surface area contributed by atoms with E-state index in [0.29, 0.717) is 55.4 Å². The van der Waals surface area contributed by atoms with E-state index < -0.39 is 73.8 Å². The Morgan fingerprint density at radius 3 is 2.38 bits per heavy atom. The van der Waals surface area contributed by atoms with Crippen LogP contribution in [0.25, 0.3) is 10.8 Å². The largest absolute Gasteiger partial charge is 0.476 e. The summed E-state index contributed by atoms with van der Waals surface area (Å²) in [6.07, 6.45) is 6.02. The molecule has 1 aromatic heterocycles. The number of hydrogen-bond donors (Lipinski definition) is 3.